The van der Waals surface area contributed by atoms with Crippen LogP contribution in [0.25, 0.3) is 11.2 Å². The molecule has 0 atom stereocenters. The maximum atomic E-state index is 12.3. The highest BCUT2D eigenvalue weighted by molar-refractivity contribution is 7.09. The van der Waals surface area contributed by atoms with Crippen LogP contribution in [0, 0.1) is 0 Å². The van der Waals surface area contributed by atoms with Gasteiger partial charge in [0.2, 0.25) is 5.91 Å². The molecule has 4 rings (SSSR count). The van der Waals surface area contributed by atoms with E-state index in [9.17, 15) is 4.79 Å². The van der Waals surface area contributed by atoms with Gasteiger partial charge in [0.1, 0.15) is 11.3 Å². The summed E-state index contributed by atoms with van der Waals surface area (Å²) >= 11 is 7.61. The van der Waals surface area contributed by atoms with Crippen molar-refractivity contribution < 1.29 is 4.79 Å². The number of benzene rings is 1. The second-order valence-electron chi connectivity index (χ2n) is 6.77. The Bertz CT molecular complexity index is 1090. The molecule has 4 aromatic rings. The second-order valence-corrected chi connectivity index (χ2v) is 8.23. The Hall–Kier alpha value is -2.70. The van der Waals surface area contributed by atoms with E-state index in [2.05, 4.69) is 26.3 Å². The van der Waals surface area contributed by atoms with Crippen molar-refractivity contribution in [2.45, 2.75) is 25.8 Å². The van der Waals surface area contributed by atoms with Crippen LogP contribution in [0.15, 0.2) is 60.1 Å². The second kappa shape index (κ2) is 9.20. The molecule has 0 aliphatic rings. The Balaban J connectivity index is 1.37. The van der Waals surface area contributed by atoms with Crippen LogP contribution in [0.3, 0.4) is 0 Å². The van der Waals surface area contributed by atoms with Crippen LogP contribution in [-0.2, 0) is 24.2 Å². The van der Waals surface area contributed by atoms with Crippen molar-refractivity contribution in [3.8, 4) is 0 Å². The first-order valence-electron chi connectivity index (χ1n) is 9.53. The Morgan fingerprint density at radius 2 is 1.97 bits per heavy atom. The van der Waals surface area contributed by atoms with E-state index in [0.29, 0.717) is 19.4 Å². The molecular weight excluding hydrogens is 404 g/mol. The minimum atomic E-state index is 0.0293. The fourth-order valence-electron chi connectivity index (χ4n) is 3.23. The molecule has 0 saturated heterocycles. The lowest BCUT2D eigenvalue weighted by molar-refractivity contribution is -0.121. The molecule has 0 unspecified atom stereocenters. The molecule has 0 aliphatic carbocycles. The molecule has 0 aliphatic heterocycles. The highest BCUT2D eigenvalue weighted by Crippen LogP contribution is 2.19. The van der Waals surface area contributed by atoms with Crippen LogP contribution in [0.2, 0.25) is 5.02 Å². The van der Waals surface area contributed by atoms with Crippen LogP contribution >= 0.6 is 22.9 Å². The first-order chi connectivity index (χ1) is 14.2. The number of halogens is 1. The van der Waals surface area contributed by atoms with Gasteiger partial charge in [-0.3, -0.25) is 4.79 Å². The van der Waals surface area contributed by atoms with E-state index in [-0.39, 0.29) is 5.91 Å². The van der Waals surface area contributed by atoms with Gasteiger partial charge in [-0.2, -0.15) is 0 Å². The first kappa shape index (κ1) is 19.6. The quantitative estimate of drug-likeness (QED) is 0.453. The highest BCUT2D eigenvalue weighted by Gasteiger charge is 2.14. The Morgan fingerprint density at radius 1 is 1.10 bits per heavy atom. The summed E-state index contributed by atoms with van der Waals surface area (Å²) in [4.78, 5) is 22.8. The van der Waals surface area contributed by atoms with Crippen molar-refractivity contribution in [3.05, 3.63) is 81.4 Å². The number of pyridine rings is 1. The summed E-state index contributed by atoms with van der Waals surface area (Å²) in [5.41, 5.74) is 2.87. The number of hydrogen-bond donors (Lipinski definition) is 1. The molecule has 0 fully saturated rings. The molecule has 0 radical (unpaired) electrons. The van der Waals surface area contributed by atoms with E-state index < -0.39 is 0 Å². The number of fused-ring (bicyclic) bond motifs is 1. The predicted octanol–water partition coefficient (Wildman–Crippen LogP) is 4.49. The number of hydrogen-bond acceptors (Lipinski definition) is 4. The molecule has 1 N–H and O–H groups in total. The molecule has 1 amide bonds. The molecular formula is C22H21ClN4OS. The molecule has 1 aromatic carbocycles. The summed E-state index contributed by atoms with van der Waals surface area (Å²) in [5, 5.41) is 5.78. The van der Waals surface area contributed by atoms with E-state index >= 15 is 0 Å². The zero-order valence-corrected chi connectivity index (χ0v) is 17.4. The Kier molecular flexibility index (Phi) is 6.22. The molecule has 0 bridgehead atoms. The zero-order valence-electron chi connectivity index (χ0n) is 15.8. The number of thiophene rings is 1. The Morgan fingerprint density at radius 3 is 2.76 bits per heavy atom. The third-order valence-electron chi connectivity index (χ3n) is 4.70. The van der Waals surface area contributed by atoms with Gasteiger partial charge in [0, 0.05) is 35.5 Å². The van der Waals surface area contributed by atoms with Crippen molar-refractivity contribution >= 4 is 40.0 Å². The summed E-state index contributed by atoms with van der Waals surface area (Å²) in [5.74, 6) is 0.918. The number of amides is 1. The highest BCUT2D eigenvalue weighted by atomic mass is 35.5. The van der Waals surface area contributed by atoms with Gasteiger partial charge in [0.15, 0.2) is 5.65 Å². The van der Waals surface area contributed by atoms with Gasteiger partial charge in [-0.15, -0.1) is 11.3 Å². The van der Waals surface area contributed by atoms with Gasteiger partial charge in [0.25, 0.3) is 0 Å². The van der Waals surface area contributed by atoms with Gasteiger partial charge < -0.3 is 9.88 Å². The molecule has 29 heavy (non-hydrogen) atoms. The largest absolute Gasteiger partial charge is 0.356 e. The van der Waals surface area contributed by atoms with E-state index in [0.717, 1.165) is 40.5 Å². The SMILES string of the molecule is O=C(CCc1nc2cccnc2n1Cc1cccs1)NCCc1ccc(Cl)cc1. The van der Waals surface area contributed by atoms with Gasteiger partial charge in [-0.05, 0) is 47.7 Å². The third kappa shape index (κ3) is 5.02. The van der Waals surface area contributed by atoms with Gasteiger partial charge in [-0.1, -0.05) is 29.8 Å². The fourth-order valence-corrected chi connectivity index (χ4v) is 4.05. The first-order valence-corrected chi connectivity index (χ1v) is 10.8. The smallest absolute Gasteiger partial charge is 0.220 e. The average molecular weight is 425 g/mol. The molecule has 3 aromatic heterocycles. The van der Waals surface area contributed by atoms with Crippen molar-refractivity contribution in [3.63, 3.8) is 0 Å². The standard InChI is InChI=1S/C22H21ClN4OS/c23-17-7-5-16(6-8-17)11-13-24-21(28)10-9-20-26-19-4-1-12-25-22(19)27(20)15-18-3-2-14-29-18/h1-8,12,14H,9-11,13,15H2,(H,24,28). The topological polar surface area (TPSA) is 59.8 Å². The minimum absolute atomic E-state index is 0.0293. The lowest BCUT2D eigenvalue weighted by Gasteiger charge is -2.08. The van der Waals surface area contributed by atoms with Crippen LogP contribution in [0.1, 0.15) is 22.7 Å². The molecule has 0 spiro atoms. The zero-order chi connectivity index (χ0) is 20.1. The van der Waals surface area contributed by atoms with Gasteiger partial charge in [0.05, 0.1) is 6.54 Å². The maximum absolute atomic E-state index is 12.3. The maximum Gasteiger partial charge on any atom is 0.220 e. The number of nitrogens with zero attached hydrogens (tertiary/aromatic N) is 3. The van der Waals surface area contributed by atoms with Crippen molar-refractivity contribution in [2.75, 3.05) is 6.54 Å². The van der Waals surface area contributed by atoms with Crippen LogP contribution in [0.5, 0.6) is 0 Å². The number of aromatic nitrogens is 3. The summed E-state index contributed by atoms with van der Waals surface area (Å²) < 4.78 is 2.11. The van der Waals surface area contributed by atoms with Crippen molar-refractivity contribution in [1.29, 1.82) is 0 Å². The molecule has 5 nitrogen and oxygen atoms in total. The number of aryl methyl sites for hydroxylation is 1. The number of carbonyl (C=O) groups is 1. The Labute approximate surface area is 178 Å². The summed E-state index contributed by atoms with van der Waals surface area (Å²) in [6.45, 7) is 1.33. The third-order valence-corrected chi connectivity index (χ3v) is 5.81. The monoisotopic (exact) mass is 424 g/mol. The van der Waals surface area contributed by atoms with E-state index in [1.54, 1.807) is 17.5 Å². The lowest BCUT2D eigenvalue weighted by atomic mass is 10.1. The average Bonchev–Trinajstić information content (AvgIpc) is 3.36. The van der Waals surface area contributed by atoms with Crippen LogP contribution in [-0.4, -0.2) is 27.0 Å². The number of nitrogens with one attached hydrogen (secondary N) is 1. The van der Waals surface area contributed by atoms with Gasteiger partial charge in [-0.25, -0.2) is 9.97 Å². The van der Waals surface area contributed by atoms with Crippen LogP contribution in [0.4, 0.5) is 0 Å². The lowest BCUT2D eigenvalue weighted by Crippen LogP contribution is -2.26. The number of imidazole rings is 1. The summed E-state index contributed by atoms with van der Waals surface area (Å²) in [6, 6.07) is 15.7. The van der Waals surface area contributed by atoms with Gasteiger partial charge >= 0.3 is 0 Å². The van der Waals surface area contributed by atoms with Crippen LogP contribution < -0.4 is 5.32 Å². The normalized spacial score (nSPS) is 11.1. The number of carbonyl (C=O) groups excluding carboxylic acids is 1. The number of rotatable bonds is 8. The molecule has 148 valence electrons. The van der Waals surface area contributed by atoms with E-state index in [1.165, 1.54) is 4.88 Å². The molecule has 0 saturated carbocycles. The van der Waals surface area contributed by atoms with Crippen molar-refractivity contribution in [2.24, 2.45) is 0 Å². The van der Waals surface area contributed by atoms with E-state index in [4.69, 9.17) is 16.6 Å². The molecule has 7 heteroatoms. The molecule has 3 heterocycles. The summed E-state index contributed by atoms with van der Waals surface area (Å²) in [7, 11) is 0. The fraction of sp³-hybridized carbons (Fsp3) is 0.227. The summed E-state index contributed by atoms with van der Waals surface area (Å²) in [6.07, 6.45) is 3.54. The minimum Gasteiger partial charge on any atom is -0.356 e. The van der Waals surface area contributed by atoms with E-state index in [1.807, 2.05) is 42.5 Å². The predicted molar refractivity (Wildman–Crippen MR) is 117 cm³/mol. The van der Waals surface area contributed by atoms with Crippen molar-refractivity contribution in [1.82, 2.24) is 19.9 Å².